The summed E-state index contributed by atoms with van der Waals surface area (Å²) in [4.78, 5) is 4.24. The van der Waals surface area contributed by atoms with Gasteiger partial charge >= 0.3 is 0 Å². The van der Waals surface area contributed by atoms with E-state index in [1.807, 2.05) is 44.2 Å². The lowest BCUT2D eigenvalue weighted by molar-refractivity contribution is 0.268. The number of nitrogens with two attached hydrogens (primary N) is 1. The van der Waals surface area contributed by atoms with E-state index in [9.17, 15) is 5.11 Å². The molecule has 0 bridgehead atoms. The Bertz CT molecular complexity index is 335. The van der Waals surface area contributed by atoms with Gasteiger partial charge in [-0.15, -0.1) is 0 Å². The topological polar surface area (TPSA) is 70.6 Å². The molecule has 0 amide bonds. The zero-order valence-electron chi connectivity index (χ0n) is 9.72. The van der Waals surface area contributed by atoms with Crippen LogP contribution in [0.15, 0.2) is 35.3 Å². The number of benzene rings is 1. The van der Waals surface area contributed by atoms with Crippen molar-refractivity contribution in [2.75, 3.05) is 6.61 Å². The fourth-order valence-corrected chi connectivity index (χ4v) is 1.40. The highest BCUT2D eigenvalue weighted by Gasteiger charge is 2.08. The van der Waals surface area contributed by atoms with Gasteiger partial charge in [0, 0.05) is 6.04 Å². The Balaban J connectivity index is 2.76. The maximum absolute atomic E-state index is 9.27. The second kappa shape index (κ2) is 6.12. The Morgan fingerprint density at radius 2 is 2.00 bits per heavy atom. The average Bonchev–Trinajstić information content (AvgIpc) is 2.26. The van der Waals surface area contributed by atoms with E-state index in [0.717, 1.165) is 5.56 Å². The smallest absolute Gasteiger partial charge is 0.189 e. The SMILES string of the molecule is CC(C)NC(N)=NC(CO)c1ccccc1. The quantitative estimate of drug-likeness (QED) is 0.525. The summed E-state index contributed by atoms with van der Waals surface area (Å²) < 4.78 is 0. The van der Waals surface area contributed by atoms with Crippen LogP contribution in [0.4, 0.5) is 0 Å². The van der Waals surface area contributed by atoms with Gasteiger partial charge in [0.1, 0.15) is 6.04 Å². The first-order valence-electron chi connectivity index (χ1n) is 5.39. The minimum absolute atomic E-state index is 0.0511. The average molecular weight is 221 g/mol. The summed E-state index contributed by atoms with van der Waals surface area (Å²) in [7, 11) is 0. The van der Waals surface area contributed by atoms with E-state index in [4.69, 9.17) is 5.73 Å². The van der Waals surface area contributed by atoms with Gasteiger partial charge < -0.3 is 16.2 Å². The minimum Gasteiger partial charge on any atom is -0.394 e. The fourth-order valence-electron chi connectivity index (χ4n) is 1.40. The number of nitrogens with zero attached hydrogens (tertiary/aromatic N) is 1. The lowest BCUT2D eigenvalue weighted by Crippen LogP contribution is -2.37. The molecule has 4 heteroatoms. The van der Waals surface area contributed by atoms with Crippen molar-refractivity contribution in [3.05, 3.63) is 35.9 Å². The molecule has 88 valence electrons. The highest BCUT2D eigenvalue weighted by Crippen LogP contribution is 2.15. The van der Waals surface area contributed by atoms with Crippen molar-refractivity contribution in [1.29, 1.82) is 0 Å². The number of aliphatic hydroxyl groups is 1. The first-order chi connectivity index (χ1) is 7.63. The number of nitrogens with one attached hydrogen (secondary N) is 1. The van der Waals surface area contributed by atoms with Gasteiger partial charge in [0.15, 0.2) is 5.96 Å². The highest BCUT2D eigenvalue weighted by atomic mass is 16.3. The van der Waals surface area contributed by atoms with Crippen LogP contribution in [0.3, 0.4) is 0 Å². The van der Waals surface area contributed by atoms with E-state index in [-0.39, 0.29) is 18.7 Å². The Kier molecular flexibility index (Phi) is 4.79. The second-order valence-electron chi connectivity index (χ2n) is 3.92. The van der Waals surface area contributed by atoms with Crippen molar-refractivity contribution in [2.24, 2.45) is 10.7 Å². The molecule has 0 heterocycles. The number of aliphatic hydroxyl groups excluding tert-OH is 1. The molecule has 0 aromatic heterocycles. The van der Waals surface area contributed by atoms with E-state index in [2.05, 4.69) is 10.3 Å². The third-order valence-electron chi connectivity index (χ3n) is 2.09. The van der Waals surface area contributed by atoms with Crippen molar-refractivity contribution in [3.8, 4) is 0 Å². The van der Waals surface area contributed by atoms with Crippen LogP contribution in [0.5, 0.6) is 0 Å². The third-order valence-corrected chi connectivity index (χ3v) is 2.09. The summed E-state index contributed by atoms with van der Waals surface area (Å²) in [6, 6.07) is 9.54. The normalized spacial score (nSPS) is 13.9. The molecule has 4 N–H and O–H groups in total. The van der Waals surface area contributed by atoms with Crippen LogP contribution in [0.25, 0.3) is 0 Å². The number of hydrogen-bond acceptors (Lipinski definition) is 2. The maximum atomic E-state index is 9.27. The van der Waals surface area contributed by atoms with Crippen LogP contribution in [-0.2, 0) is 0 Å². The number of aliphatic imine (C=N–C) groups is 1. The molecule has 0 aliphatic rings. The molecule has 16 heavy (non-hydrogen) atoms. The van der Waals surface area contributed by atoms with Gasteiger partial charge in [-0.2, -0.15) is 0 Å². The summed E-state index contributed by atoms with van der Waals surface area (Å²) in [5, 5.41) is 12.3. The molecule has 0 fully saturated rings. The molecule has 0 saturated heterocycles. The summed E-state index contributed by atoms with van der Waals surface area (Å²) in [6.45, 7) is 3.92. The van der Waals surface area contributed by atoms with E-state index >= 15 is 0 Å². The molecule has 1 aromatic carbocycles. The third kappa shape index (κ3) is 3.90. The Labute approximate surface area is 96.2 Å². The van der Waals surface area contributed by atoms with Gasteiger partial charge in [-0.1, -0.05) is 30.3 Å². The molecule has 0 aliphatic carbocycles. The Hall–Kier alpha value is -1.55. The Morgan fingerprint density at radius 3 is 2.50 bits per heavy atom. The van der Waals surface area contributed by atoms with E-state index < -0.39 is 0 Å². The molecule has 4 nitrogen and oxygen atoms in total. The lowest BCUT2D eigenvalue weighted by atomic mass is 10.1. The summed E-state index contributed by atoms with van der Waals surface area (Å²) in [6.07, 6.45) is 0. The highest BCUT2D eigenvalue weighted by molar-refractivity contribution is 5.78. The van der Waals surface area contributed by atoms with Gasteiger partial charge in [-0.05, 0) is 19.4 Å². The summed E-state index contributed by atoms with van der Waals surface area (Å²) in [5.41, 5.74) is 6.67. The zero-order valence-corrected chi connectivity index (χ0v) is 9.72. The zero-order chi connectivity index (χ0) is 12.0. The van der Waals surface area contributed by atoms with Crippen molar-refractivity contribution in [3.63, 3.8) is 0 Å². The number of hydrogen-bond donors (Lipinski definition) is 3. The first kappa shape index (κ1) is 12.5. The molecule has 0 spiro atoms. The second-order valence-corrected chi connectivity index (χ2v) is 3.92. The van der Waals surface area contributed by atoms with Crippen LogP contribution in [0.1, 0.15) is 25.5 Å². The van der Waals surface area contributed by atoms with E-state index in [0.29, 0.717) is 5.96 Å². The van der Waals surface area contributed by atoms with Crippen LogP contribution < -0.4 is 11.1 Å². The van der Waals surface area contributed by atoms with Crippen molar-refractivity contribution in [2.45, 2.75) is 25.9 Å². The van der Waals surface area contributed by atoms with Crippen LogP contribution in [0, 0.1) is 0 Å². The molecule has 0 aliphatic heterocycles. The lowest BCUT2D eigenvalue weighted by Gasteiger charge is -2.13. The van der Waals surface area contributed by atoms with Gasteiger partial charge in [0.05, 0.1) is 6.61 Å². The van der Waals surface area contributed by atoms with Crippen LogP contribution in [0.2, 0.25) is 0 Å². The van der Waals surface area contributed by atoms with Gasteiger partial charge in [-0.25, -0.2) is 4.99 Å². The molecule has 0 saturated carbocycles. The fraction of sp³-hybridized carbons (Fsp3) is 0.417. The predicted octanol–water partition coefficient (Wildman–Crippen LogP) is 1.03. The predicted molar refractivity (Wildman–Crippen MR) is 66.2 cm³/mol. The first-order valence-corrected chi connectivity index (χ1v) is 5.39. The van der Waals surface area contributed by atoms with Crippen molar-refractivity contribution < 1.29 is 5.11 Å². The monoisotopic (exact) mass is 221 g/mol. The van der Waals surface area contributed by atoms with Crippen LogP contribution in [-0.4, -0.2) is 23.7 Å². The van der Waals surface area contributed by atoms with E-state index in [1.54, 1.807) is 0 Å². The number of guanidine groups is 1. The standard InChI is InChI=1S/C12H19N3O/c1-9(2)14-12(13)15-11(8-16)10-6-4-3-5-7-10/h3-7,9,11,16H,8H2,1-2H3,(H3,13,14,15). The summed E-state index contributed by atoms with van der Waals surface area (Å²) >= 11 is 0. The molecular weight excluding hydrogens is 202 g/mol. The Morgan fingerprint density at radius 1 is 1.38 bits per heavy atom. The maximum Gasteiger partial charge on any atom is 0.189 e. The van der Waals surface area contributed by atoms with Gasteiger partial charge in [0.2, 0.25) is 0 Å². The molecule has 1 aromatic rings. The minimum atomic E-state index is -0.299. The van der Waals surface area contributed by atoms with Gasteiger partial charge in [-0.3, -0.25) is 0 Å². The molecular formula is C12H19N3O. The van der Waals surface area contributed by atoms with Crippen LogP contribution >= 0.6 is 0 Å². The van der Waals surface area contributed by atoms with Crippen molar-refractivity contribution >= 4 is 5.96 Å². The van der Waals surface area contributed by atoms with Crippen molar-refractivity contribution in [1.82, 2.24) is 5.32 Å². The van der Waals surface area contributed by atoms with E-state index in [1.165, 1.54) is 0 Å². The molecule has 1 rings (SSSR count). The largest absolute Gasteiger partial charge is 0.394 e. The molecule has 1 unspecified atom stereocenters. The van der Waals surface area contributed by atoms with Gasteiger partial charge in [0.25, 0.3) is 0 Å². The number of rotatable bonds is 4. The molecule has 0 radical (unpaired) electrons. The molecule has 1 atom stereocenters. The summed E-state index contributed by atoms with van der Waals surface area (Å²) in [5.74, 6) is 0.359.